The van der Waals surface area contributed by atoms with Gasteiger partial charge in [-0.2, -0.15) is 0 Å². The summed E-state index contributed by atoms with van der Waals surface area (Å²) >= 11 is 5.81. The summed E-state index contributed by atoms with van der Waals surface area (Å²) in [6.07, 6.45) is 0. The van der Waals surface area contributed by atoms with Crippen molar-refractivity contribution in [3.05, 3.63) is 64.9 Å². The predicted octanol–water partition coefficient (Wildman–Crippen LogP) is 3.94. The van der Waals surface area contributed by atoms with E-state index in [0.29, 0.717) is 17.3 Å². The van der Waals surface area contributed by atoms with Gasteiger partial charge in [-0.05, 0) is 55.9 Å². The number of rotatable bonds is 5. The molecule has 0 saturated heterocycles. The minimum atomic E-state index is -0.348. The number of nitrogens with one attached hydrogen (secondary N) is 1. The zero-order valence-corrected chi connectivity index (χ0v) is 13.3. The molecule has 2 rings (SSSR count). The molecule has 116 valence electrons. The molecule has 1 N–H and O–H groups in total. The van der Waals surface area contributed by atoms with Crippen LogP contribution in [-0.4, -0.2) is 23.9 Å². The van der Waals surface area contributed by atoms with E-state index in [0.717, 1.165) is 5.56 Å². The molecule has 0 aliphatic rings. The van der Waals surface area contributed by atoms with Gasteiger partial charge in [-0.15, -0.1) is 0 Å². The van der Waals surface area contributed by atoms with Gasteiger partial charge in [0.25, 0.3) is 0 Å². The highest BCUT2D eigenvalue weighted by molar-refractivity contribution is 6.30. The molecule has 0 aromatic heterocycles. The first-order chi connectivity index (χ1) is 10.5. The molecule has 0 aliphatic carbocycles. The minimum Gasteiger partial charge on any atom is -0.325 e. The van der Waals surface area contributed by atoms with Crippen LogP contribution >= 0.6 is 11.6 Å². The number of hydrogen-bond donors (Lipinski definition) is 1. The van der Waals surface area contributed by atoms with Crippen LogP contribution in [0.25, 0.3) is 0 Å². The van der Waals surface area contributed by atoms with Gasteiger partial charge in [0.15, 0.2) is 0 Å². The van der Waals surface area contributed by atoms with Gasteiger partial charge in [-0.1, -0.05) is 23.7 Å². The predicted molar refractivity (Wildman–Crippen MR) is 87.4 cm³/mol. The number of anilines is 1. The largest absolute Gasteiger partial charge is 0.325 e. The molecule has 3 nitrogen and oxygen atoms in total. The third kappa shape index (κ3) is 4.55. The summed E-state index contributed by atoms with van der Waals surface area (Å²) in [7, 11) is 1.83. The zero-order valence-electron chi connectivity index (χ0n) is 12.5. The summed E-state index contributed by atoms with van der Waals surface area (Å²) in [5.74, 6) is -0.398. The smallest absolute Gasteiger partial charge is 0.241 e. The molecule has 1 amide bonds. The monoisotopic (exact) mass is 320 g/mol. The Kier molecular flexibility index (Phi) is 5.52. The Hall–Kier alpha value is -1.91. The summed E-state index contributed by atoms with van der Waals surface area (Å²) in [5.41, 5.74) is 1.52. The molecule has 0 bridgehead atoms. The maximum atomic E-state index is 13.2. The number of halogens is 2. The molecule has 0 radical (unpaired) electrons. The van der Waals surface area contributed by atoms with Crippen molar-refractivity contribution >= 4 is 23.2 Å². The van der Waals surface area contributed by atoms with E-state index in [9.17, 15) is 9.18 Å². The summed E-state index contributed by atoms with van der Waals surface area (Å²) in [6, 6.07) is 13.0. The molecule has 0 aliphatic heterocycles. The molecule has 22 heavy (non-hydrogen) atoms. The topological polar surface area (TPSA) is 32.3 Å². The van der Waals surface area contributed by atoms with E-state index in [4.69, 9.17) is 11.6 Å². The first kappa shape index (κ1) is 16.5. The van der Waals surface area contributed by atoms with Crippen LogP contribution in [0.4, 0.5) is 10.1 Å². The average Bonchev–Trinajstić information content (AvgIpc) is 2.48. The van der Waals surface area contributed by atoms with Crippen molar-refractivity contribution < 1.29 is 9.18 Å². The summed E-state index contributed by atoms with van der Waals surface area (Å²) < 4.78 is 13.2. The van der Waals surface area contributed by atoms with E-state index in [2.05, 4.69) is 5.32 Å². The van der Waals surface area contributed by atoms with Crippen molar-refractivity contribution in [1.82, 2.24) is 4.90 Å². The first-order valence-electron chi connectivity index (χ1n) is 6.97. The van der Waals surface area contributed by atoms with Crippen molar-refractivity contribution in [2.45, 2.75) is 19.5 Å². The first-order valence-corrected chi connectivity index (χ1v) is 7.34. The standard InChI is InChI=1S/C17H18ClFN2O/c1-12(17(22)20-16-8-6-14(18)7-9-16)21(2)11-13-4-3-5-15(19)10-13/h3-10,12H,11H2,1-2H3,(H,20,22)/t12-/m1/s1. The minimum absolute atomic E-state index is 0.124. The Labute approximate surface area is 134 Å². The number of hydrogen-bond acceptors (Lipinski definition) is 2. The highest BCUT2D eigenvalue weighted by Crippen LogP contribution is 2.15. The van der Waals surface area contributed by atoms with Crippen molar-refractivity contribution in [2.75, 3.05) is 12.4 Å². The van der Waals surface area contributed by atoms with Crippen molar-refractivity contribution in [3.8, 4) is 0 Å². The van der Waals surface area contributed by atoms with Crippen molar-refractivity contribution in [1.29, 1.82) is 0 Å². The second kappa shape index (κ2) is 7.38. The fraction of sp³-hybridized carbons (Fsp3) is 0.235. The Morgan fingerprint density at radius 2 is 1.95 bits per heavy atom. The Morgan fingerprint density at radius 3 is 2.59 bits per heavy atom. The van der Waals surface area contributed by atoms with Crippen LogP contribution in [0.15, 0.2) is 48.5 Å². The number of likely N-dealkylation sites (N-methyl/N-ethyl adjacent to an activating group) is 1. The maximum absolute atomic E-state index is 13.2. The quantitative estimate of drug-likeness (QED) is 0.905. The molecule has 0 spiro atoms. The number of benzene rings is 2. The summed E-state index contributed by atoms with van der Waals surface area (Å²) in [5, 5.41) is 3.45. The van der Waals surface area contributed by atoms with Crippen LogP contribution in [0.1, 0.15) is 12.5 Å². The lowest BCUT2D eigenvalue weighted by Crippen LogP contribution is -2.39. The van der Waals surface area contributed by atoms with Crippen LogP contribution < -0.4 is 5.32 Å². The molecule has 5 heteroatoms. The fourth-order valence-electron chi connectivity index (χ4n) is 2.04. The van der Waals surface area contributed by atoms with E-state index in [1.165, 1.54) is 12.1 Å². The molecule has 1 atom stereocenters. The summed E-state index contributed by atoms with van der Waals surface area (Å²) in [4.78, 5) is 14.1. The van der Waals surface area contributed by atoms with Gasteiger partial charge in [0.1, 0.15) is 5.82 Å². The van der Waals surface area contributed by atoms with Crippen LogP contribution in [0, 0.1) is 5.82 Å². The number of carbonyl (C=O) groups excluding carboxylic acids is 1. The third-order valence-electron chi connectivity index (χ3n) is 3.47. The normalized spacial score (nSPS) is 12.2. The van der Waals surface area contributed by atoms with Crippen LogP contribution in [0.3, 0.4) is 0 Å². The summed E-state index contributed by atoms with van der Waals surface area (Å²) in [6.45, 7) is 2.30. The lowest BCUT2D eigenvalue weighted by molar-refractivity contribution is -0.120. The van der Waals surface area contributed by atoms with Gasteiger partial charge in [0.05, 0.1) is 6.04 Å². The number of amides is 1. The van der Waals surface area contributed by atoms with Gasteiger partial charge in [-0.25, -0.2) is 4.39 Å². The SMILES string of the molecule is C[C@H](C(=O)Nc1ccc(Cl)cc1)N(C)Cc1cccc(F)c1. The van der Waals surface area contributed by atoms with E-state index in [1.807, 2.05) is 24.9 Å². The maximum Gasteiger partial charge on any atom is 0.241 e. The van der Waals surface area contributed by atoms with Gasteiger partial charge >= 0.3 is 0 Å². The third-order valence-corrected chi connectivity index (χ3v) is 3.73. The lowest BCUT2D eigenvalue weighted by atomic mass is 10.2. The number of carbonyl (C=O) groups is 1. The van der Waals surface area contributed by atoms with E-state index in [1.54, 1.807) is 30.3 Å². The molecule has 0 unspecified atom stereocenters. The van der Waals surface area contributed by atoms with Crippen LogP contribution in [-0.2, 0) is 11.3 Å². The molecular weight excluding hydrogens is 303 g/mol. The highest BCUT2D eigenvalue weighted by atomic mass is 35.5. The van der Waals surface area contributed by atoms with E-state index in [-0.39, 0.29) is 17.8 Å². The van der Waals surface area contributed by atoms with Crippen LogP contribution in [0.2, 0.25) is 5.02 Å². The highest BCUT2D eigenvalue weighted by Gasteiger charge is 2.18. The Morgan fingerprint density at radius 1 is 1.27 bits per heavy atom. The molecule has 0 saturated carbocycles. The Bertz CT molecular complexity index is 645. The second-order valence-corrected chi connectivity index (χ2v) is 5.65. The van der Waals surface area contributed by atoms with Crippen molar-refractivity contribution in [2.24, 2.45) is 0 Å². The van der Waals surface area contributed by atoms with Gasteiger partial charge < -0.3 is 5.32 Å². The molecule has 0 fully saturated rings. The Balaban J connectivity index is 1.95. The molecule has 2 aromatic carbocycles. The molecular formula is C17H18ClFN2O. The van der Waals surface area contributed by atoms with E-state index >= 15 is 0 Å². The van der Waals surface area contributed by atoms with E-state index < -0.39 is 0 Å². The fourth-order valence-corrected chi connectivity index (χ4v) is 2.17. The van der Waals surface area contributed by atoms with Crippen molar-refractivity contribution in [3.63, 3.8) is 0 Å². The van der Waals surface area contributed by atoms with Gasteiger partial charge in [0, 0.05) is 17.3 Å². The average molecular weight is 321 g/mol. The van der Waals surface area contributed by atoms with Gasteiger partial charge in [0.2, 0.25) is 5.91 Å². The molecule has 0 heterocycles. The van der Waals surface area contributed by atoms with Crippen LogP contribution in [0.5, 0.6) is 0 Å². The molecule has 2 aromatic rings. The zero-order chi connectivity index (χ0) is 16.1. The van der Waals surface area contributed by atoms with Gasteiger partial charge in [-0.3, -0.25) is 9.69 Å². The number of nitrogens with zero attached hydrogens (tertiary/aromatic N) is 1. The second-order valence-electron chi connectivity index (χ2n) is 5.22. The lowest BCUT2D eigenvalue weighted by Gasteiger charge is -2.24.